The zero-order valence-corrected chi connectivity index (χ0v) is 15.2. The van der Waals surface area contributed by atoms with Crippen LogP contribution in [0.3, 0.4) is 0 Å². The van der Waals surface area contributed by atoms with Gasteiger partial charge in [0.1, 0.15) is 0 Å². The lowest BCUT2D eigenvalue weighted by Gasteiger charge is -2.30. The molecule has 7 nitrogen and oxygen atoms in total. The summed E-state index contributed by atoms with van der Waals surface area (Å²) in [6.45, 7) is 4.46. The Bertz CT molecular complexity index is 688. The minimum absolute atomic E-state index is 0.232. The first-order valence-corrected chi connectivity index (χ1v) is 11.1. The molecule has 2 unspecified atom stereocenters. The third kappa shape index (κ3) is 5.58. The fourth-order valence-corrected chi connectivity index (χ4v) is 7.23. The molecule has 0 amide bonds. The molecule has 1 saturated carbocycles. The van der Waals surface area contributed by atoms with E-state index in [-0.39, 0.29) is 5.75 Å². The average Bonchev–Trinajstić information content (AvgIpc) is 2.89. The topological polar surface area (TPSA) is 98.1 Å². The molecule has 1 heterocycles. The van der Waals surface area contributed by atoms with Crippen LogP contribution in [0.5, 0.6) is 0 Å². The van der Waals surface area contributed by atoms with Gasteiger partial charge in [-0.3, -0.25) is 4.68 Å². The van der Waals surface area contributed by atoms with Gasteiger partial charge in [-0.1, -0.05) is 13.8 Å². The van der Waals surface area contributed by atoms with Crippen LogP contribution < -0.4 is 4.13 Å². The number of aryl methyl sites for hydroxylation is 1. The highest BCUT2D eigenvalue weighted by Gasteiger charge is 2.35. The summed E-state index contributed by atoms with van der Waals surface area (Å²) in [5.41, 5.74) is 0. The molecule has 23 heavy (non-hydrogen) atoms. The van der Waals surface area contributed by atoms with E-state index in [1.165, 1.54) is 0 Å². The normalized spacial score (nSPS) is 26.3. The minimum atomic E-state index is -3.86. The number of rotatable bonds is 7. The van der Waals surface area contributed by atoms with E-state index in [2.05, 4.69) is 5.10 Å². The molecule has 2 atom stereocenters. The summed E-state index contributed by atoms with van der Waals surface area (Å²) in [6.07, 6.45) is 5.68. The number of hydrogen-bond donors (Lipinski definition) is 1. The van der Waals surface area contributed by atoms with Crippen molar-refractivity contribution >= 4 is 20.0 Å². The van der Waals surface area contributed by atoms with Crippen molar-refractivity contribution in [2.24, 2.45) is 11.8 Å². The highest BCUT2D eigenvalue weighted by atomic mass is 32.3. The first kappa shape index (κ1) is 18.4. The summed E-state index contributed by atoms with van der Waals surface area (Å²) in [5.74, 6) is 0.356. The van der Waals surface area contributed by atoms with Crippen LogP contribution in [0.4, 0.5) is 0 Å². The monoisotopic (exact) mass is 363 g/mol. The van der Waals surface area contributed by atoms with Crippen molar-refractivity contribution in [2.45, 2.75) is 51.3 Å². The minimum Gasteiger partial charge on any atom is -0.273 e. The Morgan fingerprint density at radius 2 is 1.78 bits per heavy atom. The Morgan fingerprint density at radius 3 is 2.35 bits per heavy atom. The second-order valence-electron chi connectivity index (χ2n) is 6.61. The molecule has 9 heteroatoms. The summed E-state index contributed by atoms with van der Waals surface area (Å²) >= 11 is 0. The largest absolute Gasteiger partial charge is 0.273 e. The second-order valence-corrected chi connectivity index (χ2v) is 10.7. The van der Waals surface area contributed by atoms with E-state index in [9.17, 15) is 16.8 Å². The number of sulfonamides is 2. The average molecular weight is 364 g/mol. The molecule has 2 rings (SSSR count). The predicted molar refractivity (Wildman–Crippen MR) is 88.7 cm³/mol. The SMILES string of the molecule is CC1CC(C)CC(S(=O)(=O)NS(=O)(=O)CCCn2cccn2)C1. The summed E-state index contributed by atoms with van der Waals surface area (Å²) in [4.78, 5) is 0. The van der Waals surface area contributed by atoms with Gasteiger partial charge in [-0.05, 0) is 43.6 Å². The van der Waals surface area contributed by atoms with E-state index < -0.39 is 25.3 Å². The van der Waals surface area contributed by atoms with Gasteiger partial charge in [-0.25, -0.2) is 16.8 Å². The highest BCUT2D eigenvalue weighted by molar-refractivity contribution is 8.05. The van der Waals surface area contributed by atoms with Gasteiger partial charge in [0.25, 0.3) is 0 Å². The lowest BCUT2D eigenvalue weighted by molar-refractivity contribution is 0.301. The molecule has 132 valence electrons. The van der Waals surface area contributed by atoms with Crippen molar-refractivity contribution in [2.75, 3.05) is 5.75 Å². The van der Waals surface area contributed by atoms with E-state index in [0.717, 1.165) is 6.42 Å². The number of nitrogens with one attached hydrogen (secondary N) is 1. The van der Waals surface area contributed by atoms with E-state index in [0.29, 0.717) is 37.6 Å². The molecular weight excluding hydrogens is 338 g/mol. The van der Waals surface area contributed by atoms with Gasteiger partial charge in [0.05, 0.1) is 11.0 Å². The van der Waals surface area contributed by atoms with Gasteiger partial charge in [0.2, 0.25) is 20.0 Å². The summed E-state index contributed by atoms with van der Waals surface area (Å²) in [5, 5.41) is 3.36. The fourth-order valence-electron chi connectivity index (χ4n) is 3.26. The number of nitrogens with zero attached hydrogens (tertiary/aromatic N) is 2. The third-order valence-corrected chi connectivity index (χ3v) is 8.21. The molecule has 0 spiro atoms. The Kier molecular flexibility index (Phi) is 5.85. The molecule has 1 aromatic rings. The summed E-state index contributed by atoms with van der Waals surface area (Å²) < 4.78 is 52.4. The smallest absolute Gasteiger partial charge is 0.227 e. The maximum absolute atomic E-state index is 12.4. The summed E-state index contributed by atoms with van der Waals surface area (Å²) in [6, 6.07) is 1.75. The highest BCUT2D eigenvalue weighted by Crippen LogP contribution is 2.32. The van der Waals surface area contributed by atoms with Crippen LogP contribution in [-0.4, -0.2) is 37.6 Å². The third-order valence-electron chi connectivity index (χ3n) is 4.18. The predicted octanol–water partition coefficient (Wildman–Crippen LogP) is 1.35. The lowest BCUT2D eigenvalue weighted by Crippen LogP contribution is -2.42. The van der Waals surface area contributed by atoms with Gasteiger partial charge < -0.3 is 0 Å². The van der Waals surface area contributed by atoms with E-state index in [1.54, 1.807) is 23.1 Å². The van der Waals surface area contributed by atoms with Crippen LogP contribution in [0.2, 0.25) is 0 Å². The zero-order valence-electron chi connectivity index (χ0n) is 13.6. The van der Waals surface area contributed by atoms with Crippen LogP contribution >= 0.6 is 0 Å². The Balaban J connectivity index is 1.92. The van der Waals surface area contributed by atoms with Crippen molar-refractivity contribution in [1.29, 1.82) is 0 Å². The molecular formula is C14H25N3O4S2. The van der Waals surface area contributed by atoms with Crippen LogP contribution in [0.15, 0.2) is 18.5 Å². The van der Waals surface area contributed by atoms with Crippen LogP contribution in [0.25, 0.3) is 0 Å². The van der Waals surface area contributed by atoms with Crippen molar-refractivity contribution in [3.8, 4) is 0 Å². The van der Waals surface area contributed by atoms with E-state index in [4.69, 9.17) is 0 Å². The molecule has 0 saturated heterocycles. The second kappa shape index (κ2) is 7.31. The standard InChI is InChI=1S/C14H25N3O4S2/c1-12-9-13(2)11-14(10-12)23(20,21)16-22(18,19)8-4-7-17-6-3-5-15-17/h3,5-6,12-14,16H,4,7-11H2,1-2H3. The molecule has 1 aromatic heterocycles. The van der Waals surface area contributed by atoms with Gasteiger partial charge in [-0.2, -0.15) is 5.10 Å². The van der Waals surface area contributed by atoms with Crippen molar-refractivity contribution < 1.29 is 16.8 Å². The molecule has 1 N–H and O–H groups in total. The van der Waals surface area contributed by atoms with Crippen LogP contribution in [0.1, 0.15) is 39.5 Å². The van der Waals surface area contributed by atoms with Gasteiger partial charge in [-0.15, -0.1) is 4.13 Å². The molecule has 0 bridgehead atoms. The molecule has 1 aliphatic rings. The number of hydrogen-bond acceptors (Lipinski definition) is 5. The van der Waals surface area contributed by atoms with Gasteiger partial charge in [0, 0.05) is 18.9 Å². The van der Waals surface area contributed by atoms with Gasteiger partial charge in [0.15, 0.2) is 0 Å². The van der Waals surface area contributed by atoms with Crippen molar-refractivity contribution in [3.05, 3.63) is 18.5 Å². The molecule has 0 radical (unpaired) electrons. The van der Waals surface area contributed by atoms with E-state index in [1.807, 2.05) is 18.0 Å². The number of aromatic nitrogens is 2. The Morgan fingerprint density at radius 1 is 1.13 bits per heavy atom. The molecule has 1 fully saturated rings. The maximum atomic E-state index is 12.4. The van der Waals surface area contributed by atoms with Crippen molar-refractivity contribution in [3.63, 3.8) is 0 Å². The molecule has 0 aromatic carbocycles. The van der Waals surface area contributed by atoms with Crippen molar-refractivity contribution in [1.82, 2.24) is 13.9 Å². The first-order chi connectivity index (χ1) is 10.7. The van der Waals surface area contributed by atoms with Crippen LogP contribution in [0, 0.1) is 11.8 Å². The maximum Gasteiger partial charge on any atom is 0.227 e. The first-order valence-electron chi connectivity index (χ1n) is 7.90. The van der Waals surface area contributed by atoms with Crippen LogP contribution in [-0.2, 0) is 26.6 Å². The summed E-state index contributed by atoms with van der Waals surface area (Å²) in [7, 11) is -7.71. The quantitative estimate of drug-likeness (QED) is 0.788. The van der Waals surface area contributed by atoms with Gasteiger partial charge >= 0.3 is 0 Å². The van der Waals surface area contributed by atoms with E-state index >= 15 is 0 Å². The molecule has 0 aliphatic heterocycles. The fraction of sp³-hybridized carbons (Fsp3) is 0.786. The lowest BCUT2D eigenvalue weighted by atomic mass is 9.83. The Hall–Kier alpha value is -0.930. The zero-order chi connectivity index (χ0) is 17.1. The Labute approximate surface area is 138 Å². The molecule has 1 aliphatic carbocycles.